The number of carbonyl (C=O) groups excluding carboxylic acids is 3. The van der Waals surface area contributed by atoms with Crippen LogP contribution in [-0.2, 0) is 14.3 Å². The minimum absolute atomic E-state index is 0.0639. The molecule has 2 atom stereocenters. The maximum atomic E-state index is 13.3. The number of hydrogen-bond acceptors (Lipinski definition) is 6. The van der Waals surface area contributed by atoms with Crippen molar-refractivity contribution >= 4 is 23.5 Å². The van der Waals surface area contributed by atoms with Crippen molar-refractivity contribution < 1.29 is 23.9 Å². The zero-order valence-electron chi connectivity index (χ0n) is 18.7. The van der Waals surface area contributed by atoms with E-state index in [-0.39, 0.29) is 18.2 Å². The number of nitrogens with two attached hydrogens (primary N) is 1. The van der Waals surface area contributed by atoms with Crippen LogP contribution >= 0.6 is 0 Å². The molecule has 2 amide bonds. The summed E-state index contributed by atoms with van der Waals surface area (Å²) in [5.74, 6) is 0.0997. The van der Waals surface area contributed by atoms with Gasteiger partial charge in [0.05, 0.1) is 5.69 Å². The molecule has 8 heteroatoms. The molecule has 1 spiro atoms. The summed E-state index contributed by atoms with van der Waals surface area (Å²) < 4.78 is 11.8. The molecule has 0 saturated heterocycles. The number of ether oxygens (including phenoxy) is 2. The lowest BCUT2D eigenvalue weighted by atomic mass is 9.77. The van der Waals surface area contributed by atoms with Crippen molar-refractivity contribution in [1.29, 1.82) is 0 Å². The quantitative estimate of drug-likeness (QED) is 0.659. The van der Waals surface area contributed by atoms with Crippen LogP contribution in [0, 0.1) is 5.41 Å². The van der Waals surface area contributed by atoms with Crippen molar-refractivity contribution in [2.24, 2.45) is 11.1 Å². The molecule has 0 radical (unpaired) electrons. The van der Waals surface area contributed by atoms with Crippen molar-refractivity contribution in [2.75, 3.05) is 11.9 Å². The Kier molecular flexibility index (Phi) is 6.32. The highest BCUT2D eigenvalue weighted by Gasteiger charge is 2.50. The Morgan fingerprint density at radius 1 is 1.19 bits per heavy atom. The fraction of sp³-hybridized carbons (Fsp3) is 0.609. The summed E-state index contributed by atoms with van der Waals surface area (Å²) in [6, 6.07) is 6.62. The Bertz CT molecular complexity index is 857. The first-order chi connectivity index (χ1) is 14.5. The minimum atomic E-state index is -1.53. The Morgan fingerprint density at radius 2 is 1.84 bits per heavy atom. The van der Waals surface area contributed by atoms with Crippen LogP contribution in [0.2, 0.25) is 0 Å². The summed E-state index contributed by atoms with van der Waals surface area (Å²) in [5, 5.41) is 6.15. The lowest BCUT2D eigenvalue weighted by Gasteiger charge is -2.43. The molecular formula is C23H33N3O5. The summed E-state index contributed by atoms with van der Waals surface area (Å²) in [6.07, 6.45) is 3.31. The van der Waals surface area contributed by atoms with E-state index in [0.29, 0.717) is 24.3 Å². The summed E-state index contributed by atoms with van der Waals surface area (Å²) in [7, 11) is 0. The van der Waals surface area contributed by atoms with Gasteiger partial charge in [-0.15, -0.1) is 0 Å². The number of primary amides is 1. The van der Waals surface area contributed by atoms with Gasteiger partial charge in [0, 0.05) is 12.0 Å². The van der Waals surface area contributed by atoms with Crippen LogP contribution < -0.4 is 21.1 Å². The zero-order valence-corrected chi connectivity index (χ0v) is 18.7. The number of hydrogen-bond donors (Lipinski definition) is 3. The molecule has 1 aromatic carbocycles. The number of nitrogens with one attached hydrogen (secondary N) is 2. The average Bonchev–Trinajstić information content (AvgIpc) is 2.79. The first kappa shape index (κ1) is 23.1. The van der Waals surface area contributed by atoms with E-state index in [1.165, 1.54) is 6.92 Å². The molecule has 2 aliphatic rings. The van der Waals surface area contributed by atoms with Crippen molar-refractivity contribution in [1.82, 2.24) is 5.32 Å². The smallest absolute Gasteiger partial charge is 0.405 e. The van der Waals surface area contributed by atoms with E-state index in [9.17, 15) is 14.4 Å². The summed E-state index contributed by atoms with van der Waals surface area (Å²) in [6.45, 7) is 6.71. The van der Waals surface area contributed by atoms with Crippen molar-refractivity contribution in [3.05, 3.63) is 24.3 Å². The van der Waals surface area contributed by atoms with Gasteiger partial charge in [-0.2, -0.15) is 0 Å². The minimum Gasteiger partial charge on any atom is -0.483 e. The van der Waals surface area contributed by atoms with Gasteiger partial charge in [-0.05, 0) is 44.7 Å². The highest BCUT2D eigenvalue weighted by molar-refractivity contribution is 5.98. The maximum Gasteiger partial charge on any atom is 0.405 e. The Hall–Kier alpha value is -2.61. The van der Waals surface area contributed by atoms with E-state index < -0.39 is 28.8 Å². The fourth-order valence-electron chi connectivity index (χ4n) is 4.68. The Morgan fingerprint density at radius 3 is 2.45 bits per heavy atom. The zero-order chi connectivity index (χ0) is 22.9. The lowest BCUT2D eigenvalue weighted by Crippen LogP contribution is -2.64. The number of Topliss-reactive ketones (excluding diaryl/α,β-unsaturated/α-hetero) is 1. The van der Waals surface area contributed by atoms with Gasteiger partial charge in [0.15, 0.2) is 11.4 Å². The van der Waals surface area contributed by atoms with Gasteiger partial charge in [0.1, 0.15) is 17.4 Å². The van der Waals surface area contributed by atoms with Crippen LogP contribution in [0.1, 0.15) is 59.8 Å². The van der Waals surface area contributed by atoms with Gasteiger partial charge in [-0.3, -0.25) is 14.9 Å². The second kappa shape index (κ2) is 8.49. The third-order valence-corrected chi connectivity index (χ3v) is 6.08. The first-order valence-electron chi connectivity index (χ1n) is 10.8. The van der Waals surface area contributed by atoms with Crippen LogP contribution in [0.5, 0.6) is 5.75 Å². The summed E-state index contributed by atoms with van der Waals surface area (Å²) >= 11 is 0. The van der Waals surface area contributed by atoms with Crippen LogP contribution in [0.25, 0.3) is 0 Å². The number of rotatable bonds is 5. The van der Waals surface area contributed by atoms with Crippen LogP contribution in [-0.4, -0.2) is 41.6 Å². The molecule has 1 aliphatic heterocycles. The Balaban J connectivity index is 1.92. The molecule has 4 N–H and O–H groups in total. The second-order valence-corrected chi connectivity index (χ2v) is 9.76. The van der Waals surface area contributed by atoms with Gasteiger partial charge in [0.2, 0.25) is 5.91 Å². The van der Waals surface area contributed by atoms with E-state index in [4.69, 9.17) is 15.2 Å². The van der Waals surface area contributed by atoms with E-state index in [2.05, 4.69) is 10.6 Å². The summed E-state index contributed by atoms with van der Waals surface area (Å²) in [4.78, 5) is 37.9. The summed E-state index contributed by atoms with van der Waals surface area (Å²) in [5.41, 5.74) is 2.83. The van der Waals surface area contributed by atoms with Gasteiger partial charge >= 0.3 is 6.09 Å². The first-order valence-corrected chi connectivity index (χ1v) is 10.8. The predicted octanol–water partition coefficient (Wildman–Crippen LogP) is 3.15. The molecule has 1 aromatic rings. The Labute approximate surface area is 183 Å². The van der Waals surface area contributed by atoms with E-state index >= 15 is 0 Å². The molecule has 0 bridgehead atoms. The molecule has 170 valence electrons. The van der Waals surface area contributed by atoms with E-state index in [1.807, 2.05) is 18.2 Å². The number of anilines is 1. The highest BCUT2D eigenvalue weighted by Crippen LogP contribution is 2.41. The maximum absolute atomic E-state index is 13.3. The van der Waals surface area contributed by atoms with Gasteiger partial charge < -0.3 is 20.5 Å². The second-order valence-electron chi connectivity index (χ2n) is 9.76. The SMILES string of the molecule is CC(C)(C)C(=O)[C@](C)(CN[C@@H]1C(=O)Nc2ccccc2OC12CCCCC2)OC(N)=O. The van der Waals surface area contributed by atoms with E-state index in [1.54, 1.807) is 26.8 Å². The van der Waals surface area contributed by atoms with Crippen molar-refractivity contribution in [3.8, 4) is 5.75 Å². The van der Waals surface area contributed by atoms with Crippen molar-refractivity contribution in [3.63, 3.8) is 0 Å². The average molecular weight is 432 g/mol. The highest BCUT2D eigenvalue weighted by atomic mass is 16.6. The van der Waals surface area contributed by atoms with Gasteiger partial charge in [-0.1, -0.05) is 39.3 Å². The largest absolute Gasteiger partial charge is 0.483 e. The predicted molar refractivity (Wildman–Crippen MR) is 117 cm³/mol. The number of ketones is 1. The monoisotopic (exact) mass is 431 g/mol. The molecule has 8 nitrogen and oxygen atoms in total. The third-order valence-electron chi connectivity index (χ3n) is 6.08. The van der Waals surface area contributed by atoms with Crippen LogP contribution in [0.3, 0.4) is 0 Å². The number of fused-ring (bicyclic) bond motifs is 1. The van der Waals surface area contributed by atoms with Crippen LogP contribution in [0.15, 0.2) is 24.3 Å². The van der Waals surface area contributed by atoms with E-state index in [0.717, 1.165) is 19.3 Å². The fourth-order valence-corrected chi connectivity index (χ4v) is 4.68. The number of carbonyl (C=O) groups is 3. The standard InChI is InChI=1S/C23H33N3O5/c1-21(2,3)19(28)22(4,31-20(24)29)14-25-17-18(27)26-15-10-6-7-11-16(15)30-23(17)12-8-5-9-13-23/h6-7,10-11,17,25H,5,8-9,12-14H2,1-4H3,(H2,24,29)(H,26,27)/t17-,22+/m1/s1. The van der Waals surface area contributed by atoms with Gasteiger partial charge in [0.25, 0.3) is 0 Å². The molecule has 1 aliphatic carbocycles. The normalized spacial score (nSPS) is 22.3. The number of benzene rings is 1. The molecule has 1 heterocycles. The lowest BCUT2D eigenvalue weighted by molar-refractivity contribution is -0.144. The molecular weight excluding hydrogens is 398 g/mol. The molecule has 1 fully saturated rings. The van der Waals surface area contributed by atoms with Crippen molar-refractivity contribution in [2.45, 2.75) is 77.0 Å². The third kappa shape index (κ3) is 4.84. The van der Waals surface area contributed by atoms with Gasteiger partial charge in [-0.25, -0.2) is 4.79 Å². The molecule has 1 saturated carbocycles. The number of amides is 2. The topological polar surface area (TPSA) is 120 Å². The molecule has 0 unspecified atom stereocenters. The number of para-hydroxylation sites is 2. The molecule has 31 heavy (non-hydrogen) atoms. The molecule has 0 aromatic heterocycles. The molecule has 3 rings (SSSR count). The van der Waals surface area contributed by atoms with Crippen LogP contribution in [0.4, 0.5) is 10.5 Å².